The molecule has 0 bridgehead atoms. The van der Waals surface area contributed by atoms with Crippen LogP contribution in [0.15, 0.2) is 54.6 Å². The number of hydrogen-bond acceptors (Lipinski definition) is 2. The Bertz CT molecular complexity index is 593. The van der Waals surface area contributed by atoms with Crippen molar-refractivity contribution in [3.63, 3.8) is 0 Å². The van der Waals surface area contributed by atoms with Crippen LogP contribution in [0.2, 0.25) is 0 Å². The molecule has 122 valence electrons. The second kappa shape index (κ2) is 7.65. The molecule has 1 saturated carbocycles. The van der Waals surface area contributed by atoms with E-state index in [1.165, 1.54) is 24.0 Å². The third-order valence-electron chi connectivity index (χ3n) is 5.02. The van der Waals surface area contributed by atoms with E-state index in [4.69, 9.17) is 10.5 Å². The summed E-state index contributed by atoms with van der Waals surface area (Å²) in [6.07, 6.45) is 4.64. The fourth-order valence-electron chi connectivity index (χ4n) is 3.45. The minimum atomic E-state index is 0.320. The maximum atomic E-state index is 6.10. The van der Waals surface area contributed by atoms with Gasteiger partial charge in [-0.2, -0.15) is 0 Å². The number of rotatable bonds is 6. The van der Waals surface area contributed by atoms with Gasteiger partial charge >= 0.3 is 0 Å². The lowest BCUT2D eigenvalue weighted by Gasteiger charge is -2.16. The maximum absolute atomic E-state index is 6.10. The van der Waals surface area contributed by atoms with E-state index in [0.717, 1.165) is 25.2 Å². The molecule has 3 atom stereocenters. The number of nitrogens with two attached hydrogens (primary N) is 1. The van der Waals surface area contributed by atoms with Gasteiger partial charge in [-0.1, -0.05) is 55.8 Å². The van der Waals surface area contributed by atoms with Crippen molar-refractivity contribution < 1.29 is 4.74 Å². The Kier molecular flexibility index (Phi) is 5.35. The summed E-state index contributed by atoms with van der Waals surface area (Å²) < 4.78 is 5.92. The molecule has 3 rings (SSSR count). The monoisotopic (exact) mass is 309 g/mol. The second-order valence-corrected chi connectivity index (χ2v) is 6.83. The minimum Gasteiger partial charge on any atom is -0.493 e. The van der Waals surface area contributed by atoms with Gasteiger partial charge in [0.1, 0.15) is 5.75 Å². The van der Waals surface area contributed by atoms with Crippen LogP contribution in [0.5, 0.6) is 5.75 Å². The lowest BCUT2D eigenvalue weighted by molar-refractivity contribution is 0.239. The molecule has 0 saturated heterocycles. The highest BCUT2D eigenvalue weighted by atomic mass is 16.5. The number of benzene rings is 2. The van der Waals surface area contributed by atoms with Gasteiger partial charge in [0, 0.05) is 12.0 Å². The first-order chi connectivity index (χ1) is 11.2. The van der Waals surface area contributed by atoms with Crippen molar-refractivity contribution in [3.05, 3.63) is 65.7 Å². The quantitative estimate of drug-likeness (QED) is 0.850. The molecule has 2 N–H and O–H groups in total. The van der Waals surface area contributed by atoms with Gasteiger partial charge in [0.25, 0.3) is 0 Å². The van der Waals surface area contributed by atoms with Crippen molar-refractivity contribution in [2.75, 3.05) is 6.61 Å². The SMILES string of the molecule is CC(Cc1ccc(OCC2CCCC2N)cc1)c1ccccc1. The van der Waals surface area contributed by atoms with E-state index in [1.54, 1.807) is 0 Å². The van der Waals surface area contributed by atoms with Crippen LogP contribution < -0.4 is 10.5 Å². The summed E-state index contributed by atoms with van der Waals surface area (Å²) in [5.74, 6) is 2.01. The Hall–Kier alpha value is -1.80. The molecule has 3 unspecified atom stereocenters. The van der Waals surface area contributed by atoms with Crippen LogP contribution in [0.1, 0.15) is 43.2 Å². The highest BCUT2D eigenvalue weighted by Crippen LogP contribution is 2.26. The summed E-state index contributed by atoms with van der Waals surface area (Å²) in [6, 6.07) is 19.6. The van der Waals surface area contributed by atoms with Crippen LogP contribution >= 0.6 is 0 Å². The van der Waals surface area contributed by atoms with Gasteiger partial charge in [-0.3, -0.25) is 0 Å². The first-order valence-electron chi connectivity index (χ1n) is 8.74. The maximum Gasteiger partial charge on any atom is 0.119 e. The second-order valence-electron chi connectivity index (χ2n) is 6.83. The molecule has 1 aliphatic carbocycles. The van der Waals surface area contributed by atoms with Gasteiger partial charge in [-0.25, -0.2) is 0 Å². The molecular weight excluding hydrogens is 282 g/mol. The van der Waals surface area contributed by atoms with E-state index in [9.17, 15) is 0 Å². The van der Waals surface area contributed by atoms with Crippen LogP contribution in [0.25, 0.3) is 0 Å². The molecule has 0 heterocycles. The summed E-state index contributed by atoms with van der Waals surface area (Å²) >= 11 is 0. The zero-order valence-electron chi connectivity index (χ0n) is 13.9. The van der Waals surface area contributed by atoms with E-state index in [0.29, 0.717) is 17.9 Å². The van der Waals surface area contributed by atoms with Crippen molar-refractivity contribution in [2.45, 2.75) is 44.6 Å². The highest BCUT2D eigenvalue weighted by molar-refractivity contribution is 5.29. The Balaban J connectivity index is 1.52. The normalized spacial score (nSPS) is 22.0. The van der Waals surface area contributed by atoms with E-state index in [2.05, 4.69) is 61.5 Å². The van der Waals surface area contributed by atoms with E-state index < -0.39 is 0 Å². The molecule has 0 spiro atoms. The Labute approximate surface area is 139 Å². The zero-order valence-corrected chi connectivity index (χ0v) is 13.9. The summed E-state index contributed by atoms with van der Waals surface area (Å²) in [6.45, 7) is 3.03. The van der Waals surface area contributed by atoms with Gasteiger partial charge in [0.2, 0.25) is 0 Å². The fourth-order valence-corrected chi connectivity index (χ4v) is 3.45. The number of ether oxygens (including phenoxy) is 1. The average Bonchev–Trinajstić information content (AvgIpc) is 3.00. The van der Waals surface area contributed by atoms with Crippen molar-refractivity contribution in [1.82, 2.24) is 0 Å². The highest BCUT2D eigenvalue weighted by Gasteiger charge is 2.24. The third-order valence-corrected chi connectivity index (χ3v) is 5.02. The lowest BCUT2D eigenvalue weighted by Crippen LogP contribution is -2.28. The molecule has 0 aromatic heterocycles. The van der Waals surface area contributed by atoms with Gasteiger partial charge in [0.15, 0.2) is 0 Å². The average molecular weight is 309 g/mol. The van der Waals surface area contributed by atoms with Crippen molar-refractivity contribution in [3.8, 4) is 5.75 Å². The van der Waals surface area contributed by atoms with Crippen LogP contribution in [-0.4, -0.2) is 12.6 Å². The molecule has 0 radical (unpaired) electrons. The number of hydrogen-bond donors (Lipinski definition) is 1. The largest absolute Gasteiger partial charge is 0.493 e. The summed E-state index contributed by atoms with van der Waals surface area (Å²) in [7, 11) is 0. The van der Waals surface area contributed by atoms with Gasteiger partial charge in [0.05, 0.1) is 6.61 Å². The van der Waals surface area contributed by atoms with Crippen LogP contribution in [-0.2, 0) is 6.42 Å². The Morgan fingerprint density at radius 3 is 2.43 bits per heavy atom. The molecule has 2 nitrogen and oxygen atoms in total. The van der Waals surface area contributed by atoms with E-state index >= 15 is 0 Å². The van der Waals surface area contributed by atoms with E-state index in [-0.39, 0.29) is 0 Å². The zero-order chi connectivity index (χ0) is 16.1. The molecule has 2 aromatic carbocycles. The van der Waals surface area contributed by atoms with Crippen LogP contribution in [0, 0.1) is 5.92 Å². The topological polar surface area (TPSA) is 35.2 Å². The van der Waals surface area contributed by atoms with E-state index in [1.807, 2.05) is 0 Å². The first-order valence-corrected chi connectivity index (χ1v) is 8.74. The molecule has 2 aromatic rings. The molecule has 23 heavy (non-hydrogen) atoms. The van der Waals surface area contributed by atoms with Crippen molar-refractivity contribution >= 4 is 0 Å². The predicted molar refractivity (Wildman–Crippen MR) is 95.8 cm³/mol. The molecule has 2 heteroatoms. The van der Waals surface area contributed by atoms with Gasteiger partial charge in [-0.05, 0) is 48.4 Å². The standard InChI is InChI=1S/C21H27NO/c1-16(18-6-3-2-4-7-18)14-17-10-12-20(13-11-17)23-15-19-8-5-9-21(19)22/h2-4,6-7,10-13,16,19,21H,5,8-9,14-15,22H2,1H3. The molecule has 0 amide bonds. The Morgan fingerprint density at radius 1 is 1.04 bits per heavy atom. The van der Waals surface area contributed by atoms with Gasteiger partial charge < -0.3 is 10.5 Å². The Morgan fingerprint density at radius 2 is 1.78 bits per heavy atom. The molecule has 1 fully saturated rings. The lowest BCUT2D eigenvalue weighted by atomic mass is 9.94. The first kappa shape index (κ1) is 16.1. The fraction of sp³-hybridized carbons (Fsp3) is 0.429. The summed E-state index contributed by atoms with van der Waals surface area (Å²) in [5.41, 5.74) is 8.84. The predicted octanol–water partition coefficient (Wildman–Crippen LogP) is 4.54. The molecule has 1 aliphatic rings. The third kappa shape index (κ3) is 4.35. The van der Waals surface area contributed by atoms with Crippen LogP contribution in [0.3, 0.4) is 0 Å². The molecule has 0 aliphatic heterocycles. The summed E-state index contributed by atoms with van der Waals surface area (Å²) in [4.78, 5) is 0. The summed E-state index contributed by atoms with van der Waals surface area (Å²) in [5, 5.41) is 0. The van der Waals surface area contributed by atoms with Crippen molar-refractivity contribution in [1.29, 1.82) is 0 Å². The molecular formula is C21H27NO. The van der Waals surface area contributed by atoms with Crippen molar-refractivity contribution in [2.24, 2.45) is 11.7 Å². The van der Waals surface area contributed by atoms with Crippen LogP contribution in [0.4, 0.5) is 0 Å². The minimum absolute atomic E-state index is 0.320. The van der Waals surface area contributed by atoms with Gasteiger partial charge in [-0.15, -0.1) is 0 Å². The smallest absolute Gasteiger partial charge is 0.119 e.